The van der Waals surface area contributed by atoms with Crippen LogP contribution in [-0.4, -0.2) is 119 Å². The highest BCUT2D eigenvalue weighted by molar-refractivity contribution is 6.06. The number of ether oxygens (including phenoxy) is 1. The number of carbonyl (C=O) groups is 8. The summed E-state index contributed by atoms with van der Waals surface area (Å²) in [5, 5.41) is 29.4. The number of primary amides is 1. The molecule has 1 saturated heterocycles. The fourth-order valence-electron chi connectivity index (χ4n) is 8.46. The molecule has 1 aromatic rings. The summed E-state index contributed by atoms with van der Waals surface area (Å²) >= 11 is 0. The number of carbonyl (C=O) groups excluding carboxylic acids is 7. The van der Waals surface area contributed by atoms with Crippen LogP contribution >= 0.6 is 0 Å². The van der Waals surface area contributed by atoms with Gasteiger partial charge in [-0.1, -0.05) is 77.5 Å². The van der Waals surface area contributed by atoms with Crippen LogP contribution in [0, 0.1) is 27.4 Å². The lowest BCUT2D eigenvalue weighted by Gasteiger charge is -2.37. The molecule has 7 N–H and O–H groups in total. The number of carboxylic acid groups (broad SMARTS) is 1. The molecule has 20 heteroatoms. The Morgan fingerprint density at radius 1 is 0.891 bits per heavy atom. The molecule has 354 valence electrons. The lowest BCUT2D eigenvalue weighted by atomic mass is 9.81. The number of benzene rings is 1. The summed E-state index contributed by atoms with van der Waals surface area (Å²) in [5.74, 6) is -6.86. The second-order valence-electron chi connectivity index (χ2n) is 17.6. The molecule has 3 aliphatic rings. The van der Waals surface area contributed by atoms with E-state index in [4.69, 9.17) is 15.8 Å². The Kier molecular flexibility index (Phi) is 20.3. The zero-order valence-electron chi connectivity index (χ0n) is 37.3. The number of likely N-dealkylation sites (tertiary alicyclic amines) is 1. The van der Waals surface area contributed by atoms with Crippen molar-refractivity contribution in [1.29, 1.82) is 0 Å². The third-order valence-corrected chi connectivity index (χ3v) is 11.8. The highest BCUT2D eigenvalue weighted by Crippen LogP contribution is 2.31. The van der Waals surface area contributed by atoms with Gasteiger partial charge in [0.25, 0.3) is 5.91 Å². The number of hydrogen-bond acceptors (Lipinski definition) is 11. The first-order valence-electron chi connectivity index (χ1n) is 21.8. The average molecular weight is 902 g/mol. The molecule has 19 nitrogen and oxygen atoms in total. The van der Waals surface area contributed by atoms with Gasteiger partial charge in [0.2, 0.25) is 29.5 Å². The molecule has 6 amide bonds. The summed E-state index contributed by atoms with van der Waals surface area (Å²) < 4.78 is 19.9. The number of nitrogens with one attached hydrogen (secondary N) is 4. The number of aromatic carboxylic acids is 1. The van der Waals surface area contributed by atoms with Crippen LogP contribution in [0.5, 0.6) is 0 Å². The molecule has 64 heavy (non-hydrogen) atoms. The van der Waals surface area contributed by atoms with Crippen LogP contribution in [0.3, 0.4) is 0 Å². The number of rotatable bonds is 17. The van der Waals surface area contributed by atoms with E-state index in [2.05, 4.69) is 26.0 Å². The van der Waals surface area contributed by atoms with E-state index >= 15 is 4.39 Å². The van der Waals surface area contributed by atoms with Gasteiger partial charge in [-0.05, 0) is 67.9 Å². The van der Waals surface area contributed by atoms with Crippen LogP contribution in [0.2, 0.25) is 0 Å². The van der Waals surface area contributed by atoms with Crippen molar-refractivity contribution in [1.82, 2.24) is 26.2 Å². The summed E-state index contributed by atoms with van der Waals surface area (Å²) in [4.78, 5) is 116. The molecular formula is C44H64FN7O12. The predicted molar refractivity (Wildman–Crippen MR) is 231 cm³/mol. The molecule has 2 saturated carbocycles. The smallest absolute Gasteiger partial charge is 0.336 e. The van der Waals surface area contributed by atoms with Crippen molar-refractivity contribution < 1.29 is 57.5 Å². The number of esters is 1. The Morgan fingerprint density at radius 2 is 1.44 bits per heavy atom. The van der Waals surface area contributed by atoms with E-state index in [1.807, 2.05) is 0 Å². The fourth-order valence-corrected chi connectivity index (χ4v) is 8.46. The fraction of sp³-hybridized carbons (Fsp3) is 0.636. The number of alkyl halides is 1. The van der Waals surface area contributed by atoms with Crippen LogP contribution in [0.15, 0.2) is 36.4 Å². The number of methoxy groups -OCH3 is 1. The van der Waals surface area contributed by atoms with E-state index in [-0.39, 0.29) is 42.2 Å². The number of halogens is 1. The molecule has 4 rings (SSSR count). The van der Waals surface area contributed by atoms with Gasteiger partial charge in [-0.15, -0.1) is 0 Å². The number of amides is 6. The van der Waals surface area contributed by atoms with Gasteiger partial charge in [-0.2, -0.15) is 0 Å². The summed E-state index contributed by atoms with van der Waals surface area (Å²) in [6.45, 7) is 4.52. The van der Waals surface area contributed by atoms with Crippen LogP contribution in [0.1, 0.15) is 125 Å². The van der Waals surface area contributed by atoms with E-state index in [1.165, 1.54) is 37.5 Å². The minimum atomic E-state index is -1.60. The summed E-state index contributed by atoms with van der Waals surface area (Å²) in [6.07, 6.45) is 8.79. The Balaban J connectivity index is 0.00000261. The molecule has 1 aromatic carbocycles. The normalized spacial score (nSPS) is 20.0. The van der Waals surface area contributed by atoms with Crippen molar-refractivity contribution in [2.45, 2.75) is 141 Å². The van der Waals surface area contributed by atoms with E-state index in [1.54, 1.807) is 20.8 Å². The lowest BCUT2D eigenvalue weighted by molar-refractivity contribution is -0.445. The topological polar surface area (TPSA) is 287 Å². The molecule has 0 aromatic heterocycles. The van der Waals surface area contributed by atoms with Gasteiger partial charge in [0, 0.05) is 17.4 Å². The molecule has 0 spiro atoms. The number of nitrogens with zero attached hydrogens (tertiary/aromatic N) is 2. The Hall–Kier alpha value is -5.95. The molecule has 2 aliphatic carbocycles. The Morgan fingerprint density at radius 3 is 1.95 bits per heavy atom. The molecule has 1 aliphatic heterocycles. The van der Waals surface area contributed by atoms with Gasteiger partial charge in [0.15, 0.2) is 7.05 Å². The molecular weight excluding hydrogens is 838 g/mol. The minimum absolute atomic E-state index is 0.0800. The van der Waals surface area contributed by atoms with E-state index in [9.17, 15) is 43.5 Å². The molecule has 6 atom stereocenters. The van der Waals surface area contributed by atoms with Gasteiger partial charge in [-0.3, -0.25) is 38.9 Å². The quantitative estimate of drug-likeness (QED) is 0.0570. The maximum Gasteiger partial charge on any atom is 0.336 e. The van der Waals surface area contributed by atoms with E-state index in [0.29, 0.717) is 12.8 Å². The summed E-state index contributed by atoms with van der Waals surface area (Å²) in [5.41, 5.74) is 4.23. The van der Waals surface area contributed by atoms with Gasteiger partial charge in [0.05, 0.1) is 24.8 Å². The van der Waals surface area contributed by atoms with E-state index < -0.39 is 101 Å². The summed E-state index contributed by atoms with van der Waals surface area (Å²) in [7, 11) is 2.08. The van der Waals surface area contributed by atoms with Crippen molar-refractivity contribution >= 4 is 47.4 Å². The Labute approximate surface area is 372 Å². The third kappa shape index (κ3) is 15.7. The Bertz CT molecular complexity index is 1870. The SMILES string of the molecule is COC(=O)/C=C/CC[C@H](NC(=O)c1ccccc1C(=O)O)C(=O)N[C@H](C(=O)N1C[C@H](F)C[C@H]1C(=O)N[C@H](C(=O)N[C@H](C(N)=O)C1CCCCC1)C1CCCCC1)C(C)(C)C.C[N+](=O)[O-]. The van der Waals surface area contributed by atoms with Crippen molar-refractivity contribution in [3.63, 3.8) is 0 Å². The van der Waals surface area contributed by atoms with Gasteiger partial charge in [0.1, 0.15) is 36.4 Å². The average Bonchev–Trinajstić information content (AvgIpc) is 3.65. The standard InChI is InChI=1S/C43H61FN6O10.CH3NO2/c1-43(2,3)35(49-38(54)30(21-13-14-22-32(51)60-4)46-37(53)28-19-11-12-20-29(28)42(58)59)41(57)50-24-27(44)23-31(50)39(55)48-34(26-17-9-6-10-18-26)40(56)47-33(36(45)52)25-15-7-5-8-16-25;1-2(3)4/h11-12,14,19-20,22,25-27,30-31,33-35H,5-10,13,15-18,21,23-24H2,1-4H3,(H2,45,52)(H,46,53)(H,47,56)(H,48,55)(H,49,54)(H,58,59);1H3/b22-14+;/t27-,30+,31+,33+,34+,35-;/m1./s1. The van der Waals surface area contributed by atoms with Crippen LogP contribution in [0.4, 0.5) is 4.39 Å². The first-order chi connectivity index (χ1) is 30.2. The second kappa shape index (κ2) is 24.8. The van der Waals surface area contributed by atoms with Crippen molar-refractivity contribution in [2.24, 2.45) is 23.0 Å². The van der Waals surface area contributed by atoms with Crippen LogP contribution in [-0.2, 0) is 33.5 Å². The van der Waals surface area contributed by atoms with Crippen molar-refractivity contribution in [2.75, 3.05) is 20.7 Å². The highest BCUT2D eigenvalue weighted by atomic mass is 19.1. The second-order valence-corrected chi connectivity index (χ2v) is 17.6. The van der Waals surface area contributed by atoms with Crippen LogP contribution < -0.4 is 27.0 Å². The minimum Gasteiger partial charge on any atom is -0.478 e. The zero-order chi connectivity index (χ0) is 47.7. The molecule has 0 bridgehead atoms. The van der Waals surface area contributed by atoms with Gasteiger partial charge in [-0.25, -0.2) is 14.0 Å². The first-order valence-corrected chi connectivity index (χ1v) is 21.8. The maximum absolute atomic E-state index is 15.3. The number of nitro groups is 1. The number of allylic oxidation sites excluding steroid dienone is 1. The van der Waals surface area contributed by atoms with Crippen molar-refractivity contribution in [3.8, 4) is 0 Å². The third-order valence-electron chi connectivity index (χ3n) is 11.8. The van der Waals surface area contributed by atoms with E-state index in [0.717, 1.165) is 69.4 Å². The number of nitrogens with two attached hydrogens (primary N) is 1. The maximum atomic E-state index is 15.3. The first kappa shape index (κ1) is 52.4. The molecule has 0 unspecified atom stereocenters. The van der Waals surface area contributed by atoms with Crippen LogP contribution in [0.25, 0.3) is 0 Å². The largest absolute Gasteiger partial charge is 0.478 e. The molecule has 0 radical (unpaired) electrons. The van der Waals surface area contributed by atoms with Gasteiger partial charge < -0.3 is 41.7 Å². The lowest BCUT2D eigenvalue weighted by Crippen LogP contribution is -2.62. The number of hydrogen-bond donors (Lipinski definition) is 6. The number of carboxylic acids is 1. The van der Waals surface area contributed by atoms with Crippen molar-refractivity contribution in [3.05, 3.63) is 57.7 Å². The molecule has 3 fully saturated rings. The van der Waals surface area contributed by atoms with Gasteiger partial charge >= 0.3 is 11.9 Å². The predicted octanol–water partition coefficient (Wildman–Crippen LogP) is 2.97. The zero-order valence-corrected chi connectivity index (χ0v) is 37.3. The molecule has 1 heterocycles. The highest BCUT2D eigenvalue weighted by Gasteiger charge is 2.47. The monoisotopic (exact) mass is 901 g/mol. The summed E-state index contributed by atoms with van der Waals surface area (Å²) in [6, 6.07) is -0.606.